The lowest BCUT2D eigenvalue weighted by Crippen LogP contribution is -2.44. The Balaban J connectivity index is 1.63. The summed E-state index contributed by atoms with van der Waals surface area (Å²) in [4.78, 5) is 15.1. The van der Waals surface area contributed by atoms with E-state index < -0.39 is 10.0 Å². The Morgan fingerprint density at radius 3 is 2.52 bits per heavy atom. The van der Waals surface area contributed by atoms with Crippen LogP contribution >= 0.6 is 0 Å². The first-order valence-electron chi connectivity index (χ1n) is 10.4. The molecule has 1 aliphatic heterocycles. The number of rotatable bonds is 7. The van der Waals surface area contributed by atoms with Crippen LogP contribution in [0.4, 0.5) is 0 Å². The van der Waals surface area contributed by atoms with E-state index in [1.807, 2.05) is 24.0 Å². The summed E-state index contributed by atoms with van der Waals surface area (Å²) in [5, 5.41) is 0. The number of nitrogens with zero attached hydrogens (tertiary/aromatic N) is 2. The average molecular weight is 393 g/mol. The predicted molar refractivity (Wildman–Crippen MR) is 107 cm³/mol. The third-order valence-electron chi connectivity index (χ3n) is 5.99. The Bertz CT molecular complexity index is 768. The van der Waals surface area contributed by atoms with Crippen LogP contribution in [0.1, 0.15) is 57.1 Å². The summed E-state index contributed by atoms with van der Waals surface area (Å²) >= 11 is 0. The van der Waals surface area contributed by atoms with Gasteiger partial charge >= 0.3 is 0 Å². The normalized spacial score (nSPS) is 18.4. The first-order valence-corrected chi connectivity index (χ1v) is 11.8. The molecule has 5 nitrogen and oxygen atoms in total. The molecule has 150 valence electrons. The predicted octanol–water partition coefficient (Wildman–Crippen LogP) is 3.22. The molecule has 0 unspecified atom stereocenters. The molecule has 2 aliphatic rings. The highest BCUT2D eigenvalue weighted by atomic mass is 32.2. The number of aryl methyl sites for hydroxylation is 2. The van der Waals surface area contributed by atoms with Crippen molar-refractivity contribution in [3.63, 3.8) is 0 Å². The van der Waals surface area contributed by atoms with Crippen LogP contribution in [0.2, 0.25) is 0 Å². The van der Waals surface area contributed by atoms with Crippen molar-refractivity contribution in [3.8, 4) is 0 Å². The summed E-state index contributed by atoms with van der Waals surface area (Å²) in [6.45, 7) is 6.54. The molecule has 0 radical (unpaired) electrons. The largest absolute Gasteiger partial charge is 0.343 e. The van der Waals surface area contributed by atoms with Crippen LogP contribution in [0.5, 0.6) is 0 Å². The maximum absolute atomic E-state index is 13.0. The quantitative estimate of drug-likeness (QED) is 0.716. The SMILES string of the molecule is CCCCN(CC)C(=O)C1CCN(S(=O)(=O)c2ccc3c(c2)CCC3)CC1. The number of unbranched alkanes of at least 4 members (excludes halogenated alkanes) is 1. The van der Waals surface area contributed by atoms with Crippen molar-refractivity contribution in [2.24, 2.45) is 5.92 Å². The summed E-state index contributed by atoms with van der Waals surface area (Å²) in [5.41, 5.74) is 2.46. The molecule has 1 amide bonds. The first-order chi connectivity index (χ1) is 13.0. The third-order valence-corrected chi connectivity index (χ3v) is 7.88. The molecule has 1 aliphatic carbocycles. The van der Waals surface area contributed by atoms with E-state index in [-0.39, 0.29) is 11.8 Å². The summed E-state index contributed by atoms with van der Waals surface area (Å²) in [6.07, 6.45) is 6.46. The molecule has 1 aromatic rings. The summed E-state index contributed by atoms with van der Waals surface area (Å²) in [5.74, 6) is 0.147. The number of piperidine rings is 1. The van der Waals surface area contributed by atoms with E-state index in [1.165, 1.54) is 11.1 Å². The number of amides is 1. The van der Waals surface area contributed by atoms with Gasteiger partial charge in [0.1, 0.15) is 0 Å². The Kier molecular flexibility index (Phi) is 6.58. The summed E-state index contributed by atoms with van der Waals surface area (Å²) < 4.78 is 27.6. The monoisotopic (exact) mass is 392 g/mol. The molecule has 1 aromatic carbocycles. The lowest BCUT2D eigenvalue weighted by Gasteiger charge is -2.33. The van der Waals surface area contributed by atoms with Gasteiger partial charge < -0.3 is 4.90 Å². The molecule has 0 saturated carbocycles. The van der Waals surface area contributed by atoms with Crippen LogP contribution in [0, 0.1) is 5.92 Å². The minimum Gasteiger partial charge on any atom is -0.343 e. The molecule has 0 atom stereocenters. The van der Waals surface area contributed by atoms with Crippen molar-refractivity contribution in [2.45, 2.75) is 63.7 Å². The standard InChI is InChI=1S/C21H32N2O3S/c1-3-5-13-22(4-2)21(24)18-11-14-23(15-12-18)27(25,26)20-10-9-17-7-6-8-19(17)16-20/h9-10,16,18H,3-8,11-15H2,1-2H3. The average Bonchev–Trinajstić information content (AvgIpc) is 3.16. The maximum Gasteiger partial charge on any atom is 0.243 e. The van der Waals surface area contributed by atoms with Crippen LogP contribution in [-0.2, 0) is 27.7 Å². The molecule has 0 spiro atoms. The first kappa shape index (κ1) is 20.3. The van der Waals surface area contributed by atoms with Gasteiger partial charge in [0, 0.05) is 32.1 Å². The Labute approximate surface area is 163 Å². The lowest BCUT2D eigenvalue weighted by molar-refractivity contribution is -0.136. The molecule has 1 saturated heterocycles. The third kappa shape index (κ3) is 4.37. The fraction of sp³-hybridized carbons (Fsp3) is 0.667. The molecule has 1 fully saturated rings. The molecule has 6 heteroatoms. The number of carbonyl (C=O) groups excluding carboxylic acids is 1. The van der Waals surface area contributed by atoms with E-state index in [2.05, 4.69) is 6.92 Å². The fourth-order valence-electron chi connectivity index (χ4n) is 4.23. The molecule has 27 heavy (non-hydrogen) atoms. The second-order valence-electron chi connectivity index (χ2n) is 7.73. The van der Waals surface area contributed by atoms with Crippen molar-refractivity contribution in [1.82, 2.24) is 9.21 Å². The topological polar surface area (TPSA) is 57.7 Å². The number of hydrogen-bond acceptors (Lipinski definition) is 3. The molecular formula is C21H32N2O3S. The highest BCUT2D eigenvalue weighted by molar-refractivity contribution is 7.89. The number of benzene rings is 1. The van der Waals surface area contributed by atoms with Crippen LogP contribution < -0.4 is 0 Å². The Morgan fingerprint density at radius 1 is 1.15 bits per heavy atom. The molecule has 1 heterocycles. The van der Waals surface area contributed by atoms with E-state index in [4.69, 9.17) is 0 Å². The van der Waals surface area contributed by atoms with Crippen molar-refractivity contribution in [2.75, 3.05) is 26.2 Å². The van der Waals surface area contributed by atoms with Gasteiger partial charge in [-0.2, -0.15) is 4.31 Å². The smallest absolute Gasteiger partial charge is 0.243 e. The van der Waals surface area contributed by atoms with E-state index in [0.717, 1.165) is 45.2 Å². The zero-order chi connectivity index (χ0) is 19.4. The summed E-state index contributed by atoms with van der Waals surface area (Å²) in [7, 11) is -3.46. The lowest BCUT2D eigenvalue weighted by atomic mass is 9.96. The second-order valence-corrected chi connectivity index (χ2v) is 9.67. The van der Waals surface area contributed by atoms with Gasteiger partial charge in [-0.15, -0.1) is 0 Å². The van der Waals surface area contributed by atoms with E-state index >= 15 is 0 Å². The van der Waals surface area contributed by atoms with E-state index in [9.17, 15) is 13.2 Å². The Morgan fingerprint density at radius 2 is 1.85 bits per heavy atom. The highest BCUT2D eigenvalue weighted by Crippen LogP contribution is 2.29. The molecule has 3 rings (SSSR count). The zero-order valence-corrected chi connectivity index (χ0v) is 17.4. The van der Waals surface area contributed by atoms with Gasteiger partial charge in [-0.3, -0.25) is 4.79 Å². The van der Waals surface area contributed by atoms with Crippen LogP contribution in [-0.4, -0.2) is 49.7 Å². The van der Waals surface area contributed by atoms with Gasteiger partial charge in [-0.1, -0.05) is 19.4 Å². The Hall–Kier alpha value is -1.40. The molecule has 0 bridgehead atoms. The number of hydrogen-bond donors (Lipinski definition) is 0. The second kappa shape index (κ2) is 8.74. The maximum atomic E-state index is 13.0. The van der Waals surface area contributed by atoms with Crippen LogP contribution in [0.15, 0.2) is 23.1 Å². The van der Waals surface area contributed by atoms with Crippen molar-refractivity contribution >= 4 is 15.9 Å². The minimum absolute atomic E-state index is 0.0479. The van der Waals surface area contributed by atoms with Gasteiger partial charge in [0.2, 0.25) is 15.9 Å². The van der Waals surface area contributed by atoms with Gasteiger partial charge in [0.15, 0.2) is 0 Å². The van der Waals surface area contributed by atoms with Gasteiger partial charge in [-0.25, -0.2) is 8.42 Å². The van der Waals surface area contributed by atoms with Gasteiger partial charge in [0.25, 0.3) is 0 Å². The summed E-state index contributed by atoms with van der Waals surface area (Å²) in [6, 6.07) is 5.58. The van der Waals surface area contributed by atoms with Gasteiger partial charge in [-0.05, 0) is 68.7 Å². The fourth-order valence-corrected chi connectivity index (χ4v) is 5.75. The number of carbonyl (C=O) groups is 1. The molecular weight excluding hydrogens is 360 g/mol. The van der Waals surface area contributed by atoms with Crippen molar-refractivity contribution in [3.05, 3.63) is 29.3 Å². The van der Waals surface area contributed by atoms with Crippen LogP contribution in [0.25, 0.3) is 0 Å². The highest BCUT2D eigenvalue weighted by Gasteiger charge is 2.33. The minimum atomic E-state index is -3.46. The van der Waals surface area contributed by atoms with Crippen molar-refractivity contribution < 1.29 is 13.2 Å². The molecule has 0 N–H and O–H groups in total. The number of fused-ring (bicyclic) bond motifs is 1. The van der Waals surface area contributed by atoms with Crippen LogP contribution in [0.3, 0.4) is 0 Å². The zero-order valence-electron chi connectivity index (χ0n) is 16.6. The van der Waals surface area contributed by atoms with Crippen molar-refractivity contribution in [1.29, 1.82) is 0 Å². The van der Waals surface area contributed by atoms with Gasteiger partial charge in [0.05, 0.1) is 4.90 Å². The van der Waals surface area contributed by atoms with E-state index in [0.29, 0.717) is 30.8 Å². The molecule has 0 aromatic heterocycles. The van der Waals surface area contributed by atoms with E-state index in [1.54, 1.807) is 10.4 Å². The number of sulfonamides is 1.